The van der Waals surface area contributed by atoms with Crippen molar-refractivity contribution in [3.05, 3.63) is 29.8 Å². The van der Waals surface area contributed by atoms with E-state index in [9.17, 15) is 8.42 Å². The summed E-state index contributed by atoms with van der Waals surface area (Å²) in [6.45, 7) is 1.82. The smallest absolute Gasteiger partial charge is 0.243 e. The summed E-state index contributed by atoms with van der Waals surface area (Å²) in [5.74, 6) is 0. The molecule has 1 aliphatic rings. The first kappa shape index (κ1) is 13.5. The number of hydrogen-bond donors (Lipinski definition) is 1. The molecule has 18 heavy (non-hydrogen) atoms. The third kappa shape index (κ3) is 2.91. The zero-order chi connectivity index (χ0) is 13.0. The van der Waals surface area contributed by atoms with Crippen molar-refractivity contribution >= 4 is 10.0 Å². The largest absolute Gasteiger partial charge is 0.330 e. The molecule has 0 aliphatic carbocycles. The highest BCUT2D eigenvalue weighted by Gasteiger charge is 2.25. The Morgan fingerprint density at radius 3 is 2.56 bits per heavy atom. The zero-order valence-corrected chi connectivity index (χ0v) is 11.3. The average molecular weight is 268 g/mol. The molecule has 0 radical (unpaired) electrons. The predicted octanol–water partition coefficient (Wildman–Crippen LogP) is 1.36. The standard InChI is InChI=1S/C13H20N2O2S/c14-8-7-12-5-4-6-13(11-12)18(16,17)15-9-2-1-3-10-15/h4-6,11H,1-3,7-10,14H2. The lowest BCUT2D eigenvalue weighted by Crippen LogP contribution is -2.35. The first-order valence-electron chi connectivity index (χ1n) is 6.44. The van der Waals surface area contributed by atoms with Gasteiger partial charge in [0.15, 0.2) is 0 Å². The van der Waals surface area contributed by atoms with E-state index in [2.05, 4.69) is 0 Å². The number of hydrogen-bond acceptors (Lipinski definition) is 3. The minimum atomic E-state index is -3.31. The molecule has 0 aromatic heterocycles. The van der Waals surface area contributed by atoms with E-state index >= 15 is 0 Å². The lowest BCUT2D eigenvalue weighted by atomic mass is 10.2. The van der Waals surface area contributed by atoms with E-state index in [-0.39, 0.29) is 0 Å². The summed E-state index contributed by atoms with van der Waals surface area (Å²) in [5, 5.41) is 0. The maximum absolute atomic E-state index is 12.4. The summed E-state index contributed by atoms with van der Waals surface area (Å²) >= 11 is 0. The Bertz CT molecular complexity index is 493. The van der Waals surface area contributed by atoms with Crippen molar-refractivity contribution in [1.29, 1.82) is 0 Å². The fourth-order valence-electron chi connectivity index (χ4n) is 2.28. The van der Waals surface area contributed by atoms with Crippen LogP contribution in [-0.4, -0.2) is 32.4 Å². The van der Waals surface area contributed by atoms with E-state index < -0.39 is 10.0 Å². The molecule has 1 aromatic rings. The second-order valence-electron chi connectivity index (χ2n) is 4.65. The summed E-state index contributed by atoms with van der Waals surface area (Å²) in [4.78, 5) is 0.398. The van der Waals surface area contributed by atoms with Crippen molar-refractivity contribution < 1.29 is 8.42 Å². The van der Waals surface area contributed by atoms with E-state index in [0.29, 0.717) is 31.0 Å². The van der Waals surface area contributed by atoms with Gasteiger partial charge in [0, 0.05) is 13.1 Å². The van der Waals surface area contributed by atoms with Crippen LogP contribution in [0.4, 0.5) is 0 Å². The Kier molecular flexibility index (Phi) is 4.37. The first-order valence-corrected chi connectivity index (χ1v) is 7.88. The molecule has 1 heterocycles. The van der Waals surface area contributed by atoms with E-state index in [4.69, 9.17) is 5.73 Å². The van der Waals surface area contributed by atoms with Gasteiger partial charge in [-0.15, -0.1) is 0 Å². The van der Waals surface area contributed by atoms with Crippen LogP contribution < -0.4 is 5.73 Å². The molecule has 1 saturated heterocycles. The van der Waals surface area contributed by atoms with Gasteiger partial charge in [-0.25, -0.2) is 8.42 Å². The van der Waals surface area contributed by atoms with Gasteiger partial charge in [0.2, 0.25) is 10.0 Å². The summed E-state index contributed by atoms with van der Waals surface area (Å²) in [6.07, 6.45) is 3.76. The quantitative estimate of drug-likeness (QED) is 0.897. The molecule has 0 saturated carbocycles. The molecule has 0 atom stereocenters. The van der Waals surface area contributed by atoms with Gasteiger partial charge in [-0.2, -0.15) is 4.31 Å². The van der Waals surface area contributed by atoms with Gasteiger partial charge in [-0.05, 0) is 43.5 Å². The highest BCUT2D eigenvalue weighted by molar-refractivity contribution is 7.89. The van der Waals surface area contributed by atoms with Crippen LogP contribution in [-0.2, 0) is 16.4 Å². The molecule has 0 spiro atoms. The van der Waals surface area contributed by atoms with Crippen molar-refractivity contribution in [2.45, 2.75) is 30.6 Å². The third-order valence-electron chi connectivity index (χ3n) is 3.28. The monoisotopic (exact) mass is 268 g/mol. The molecule has 2 N–H and O–H groups in total. The molecular formula is C13H20N2O2S. The predicted molar refractivity (Wildman–Crippen MR) is 71.8 cm³/mol. The second kappa shape index (κ2) is 5.82. The fraction of sp³-hybridized carbons (Fsp3) is 0.538. The molecule has 0 unspecified atom stereocenters. The first-order chi connectivity index (χ1) is 8.64. The third-order valence-corrected chi connectivity index (χ3v) is 5.18. The number of nitrogens with two attached hydrogens (primary N) is 1. The van der Waals surface area contributed by atoms with E-state index in [1.807, 2.05) is 6.07 Å². The van der Waals surface area contributed by atoms with Crippen molar-refractivity contribution in [2.24, 2.45) is 5.73 Å². The highest BCUT2D eigenvalue weighted by atomic mass is 32.2. The Balaban J connectivity index is 2.25. The van der Waals surface area contributed by atoms with Crippen LogP contribution in [0, 0.1) is 0 Å². The van der Waals surface area contributed by atoms with Crippen LogP contribution in [0.1, 0.15) is 24.8 Å². The van der Waals surface area contributed by atoms with E-state index in [0.717, 1.165) is 24.8 Å². The van der Waals surface area contributed by atoms with Crippen molar-refractivity contribution in [3.8, 4) is 0 Å². The SMILES string of the molecule is NCCc1cccc(S(=O)(=O)N2CCCCC2)c1. The molecule has 2 rings (SSSR count). The number of rotatable bonds is 4. The molecule has 1 aromatic carbocycles. The molecule has 4 nitrogen and oxygen atoms in total. The molecule has 5 heteroatoms. The number of nitrogens with zero attached hydrogens (tertiary/aromatic N) is 1. The van der Waals surface area contributed by atoms with Crippen LogP contribution in [0.25, 0.3) is 0 Å². The van der Waals surface area contributed by atoms with Crippen molar-refractivity contribution in [2.75, 3.05) is 19.6 Å². The number of sulfonamides is 1. The lowest BCUT2D eigenvalue weighted by molar-refractivity contribution is 0.346. The van der Waals surface area contributed by atoms with Crippen LogP contribution in [0.15, 0.2) is 29.2 Å². The molecule has 100 valence electrons. The van der Waals surface area contributed by atoms with E-state index in [1.165, 1.54) is 0 Å². The van der Waals surface area contributed by atoms with Crippen LogP contribution >= 0.6 is 0 Å². The maximum Gasteiger partial charge on any atom is 0.243 e. The normalized spacial score (nSPS) is 17.8. The van der Waals surface area contributed by atoms with Gasteiger partial charge < -0.3 is 5.73 Å². The van der Waals surface area contributed by atoms with Crippen LogP contribution in [0.2, 0.25) is 0 Å². The molecular weight excluding hydrogens is 248 g/mol. The van der Waals surface area contributed by atoms with Gasteiger partial charge in [-0.1, -0.05) is 18.6 Å². The Morgan fingerprint density at radius 1 is 1.17 bits per heavy atom. The van der Waals surface area contributed by atoms with Crippen molar-refractivity contribution in [1.82, 2.24) is 4.31 Å². The summed E-state index contributed by atoms with van der Waals surface area (Å²) in [6, 6.07) is 7.13. The number of piperidine rings is 1. The minimum Gasteiger partial charge on any atom is -0.330 e. The lowest BCUT2D eigenvalue weighted by Gasteiger charge is -2.26. The van der Waals surface area contributed by atoms with Gasteiger partial charge in [-0.3, -0.25) is 0 Å². The second-order valence-corrected chi connectivity index (χ2v) is 6.59. The molecule has 1 aliphatic heterocycles. The Labute approximate surface area is 109 Å². The van der Waals surface area contributed by atoms with E-state index in [1.54, 1.807) is 22.5 Å². The summed E-state index contributed by atoms with van der Waals surface area (Å²) in [7, 11) is -3.31. The van der Waals surface area contributed by atoms with Gasteiger partial charge in [0.05, 0.1) is 4.90 Å². The zero-order valence-electron chi connectivity index (χ0n) is 10.5. The van der Waals surface area contributed by atoms with Crippen LogP contribution in [0.5, 0.6) is 0 Å². The van der Waals surface area contributed by atoms with Gasteiger partial charge in [0.1, 0.15) is 0 Å². The molecule has 1 fully saturated rings. The highest BCUT2D eigenvalue weighted by Crippen LogP contribution is 2.21. The molecule has 0 bridgehead atoms. The van der Waals surface area contributed by atoms with Gasteiger partial charge >= 0.3 is 0 Å². The summed E-state index contributed by atoms with van der Waals surface area (Å²) < 4.78 is 26.5. The average Bonchev–Trinajstić information content (AvgIpc) is 2.40. The minimum absolute atomic E-state index is 0.398. The van der Waals surface area contributed by atoms with Crippen LogP contribution in [0.3, 0.4) is 0 Å². The topological polar surface area (TPSA) is 63.4 Å². The Morgan fingerprint density at radius 2 is 1.89 bits per heavy atom. The molecule has 0 amide bonds. The van der Waals surface area contributed by atoms with Gasteiger partial charge in [0.25, 0.3) is 0 Å². The Hall–Kier alpha value is -0.910. The number of benzene rings is 1. The van der Waals surface area contributed by atoms with Crippen molar-refractivity contribution in [3.63, 3.8) is 0 Å². The fourth-order valence-corrected chi connectivity index (χ4v) is 3.87. The summed E-state index contributed by atoms with van der Waals surface area (Å²) in [5.41, 5.74) is 6.48. The maximum atomic E-state index is 12.4.